The maximum atomic E-state index is 12.2. The summed E-state index contributed by atoms with van der Waals surface area (Å²) in [4.78, 5) is 22.8. The Bertz CT molecular complexity index is 1120. The molecule has 1 unspecified atom stereocenters. The molecule has 0 bridgehead atoms. The Balaban J connectivity index is 1.71. The Morgan fingerprint density at radius 2 is 2.14 bits per heavy atom. The van der Waals surface area contributed by atoms with Crippen LogP contribution in [0.3, 0.4) is 0 Å². The SMILES string of the molecule is CN(C)c1ccncc1-c1cc(N)c2cnc(NC(=O)[C@@H]3CC3C#N)cc2c1. The number of aromatic nitrogens is 2. The molecule has 0 spiro atoms. The van der Waals surface area contributed by atoms with Gasteiger partial charge in [0.2, 0.25) is 5.91 Å². The number of nitriles is 1. The number of benzene rings is 1. The van der Waals surface area contributed by atoms with Gasteiger partial charge in [-0.1, -0.05) is 0 Å². The van der Waals surface area contributed by atoms with Gasteiger partial charge < -0.3 is 16.0 Å². The van der Waals surface area contributed by atoms with Crippen molar-refractivity contribution >= 4 is 33.9 Å². The fourth-order valence-electron chi connectivity index (χ4n) is 3.36. The normalized spacial score (nSPS) is 17.8. The maximum absolute atomic E-state index is 12.2. The molecular weight excluding hydrogens is 352 g/mol. The van der Waals surface area contributed by atoms with E-state index < -0.39 is 0 Å². The van der Waals surface area contributed by atoms with Crippen molar-refractivity contribution in [2.45, 2.75) is 6.42 Å². The van der Waals surface area contributed by atoms with Crippen LogP contribution in [0.15, 0.2) is 42.9 Å². The minimum absolute atomic E-state index is 0.162. The summed E-state index contributed by atoms with van der Waals surface area (Å²) < 4.78 is 0. The van der Waals surface area contributed by atoms with Gasteiger partial charge in [-0.15, -0.1) is 0 Å². The molecule has 1 saturated carbocycles. The first-order chi connectivity index (χ1) is 13.5. The van der Waals surface area contributed by atoms with E-state index >= 15 is 0 Å². The Morgan fingerprint density at radius 1 is 1.32 bits per heavy atom. The van der Waals surface area contributed by atoms with Crippen LogP contribution in [0, 0.1) is 23.2 Å². The van der Waals surface area contributed by atoms with E-state index in [9.17, 15) is 4.79 Å². The Labute approximate surface area is 162 Å². The second kappa shape index (κ2) is 6.82. The van der Waals surface area contributed by atoms with Crippen molar-refractivity contribution in [2.24, 2.45) is 11.8 Å². The van der Waals surface area contributed by atoms with E-state index in [2.05, 4.69) is 21.4 Å². The predicted octanol–water partition coefficient (Wildman–Crippen LogP) is 3.04. The summed E-state index contributed by atoms with van der Waals surface area (Å²) in [6.45, 7) is 0. The van der Waals surface area contributed by atoms with E-state index in [1.165, 1.54) is 0 Å². The van der Waals surface area contributed by atoms with Crippen molar-refractivity contribution < 1.29 is 4.79 Å². The molecule has 1 aliphatic carbocycles. The quantitative estimate of drug-likeness (QED) is 0.682. The molecule has 0 aliphatic heterocycles. The summed E-state index contributed by atoms with van der Waals surface area (Å²) >= 11 is 0. The third-order valence-electron chi connectivity index (χ3n) is 5.00. The summed E-state index contributed by atoms with van der Waals surface area (Å²) in [6, 6.07) is 9.81. The first kappa shape index (κ1) is 17.7. The highest BCUT2D eigenvalue weighted by molar-refractivity contribution is 6.00. The number of hydrogen-bond donors (Lipinski definition) is 2. The monoisotopic (exact) mass is 372 g/mol. The number of rotatable bonds is 4. The van der Waals surface area contributed by atoms with Crippen molar-refractivity contribution in [2.75, 3.05) is 30.0 Å². The second-order valence-corrected chi connectivity index (χ2v) is 7.21. The molecule has 3 N–H and O–H groups in total. The van der Waals surface area contributed by atoms with Crippen molar-refractivity contribution in [3.05, 3.63) is 42.9 Å². The number of carbonyl (C=O) groups is 1. The minimum atomic E-state index is -0.239. The summed E-state index contributed by atoms with van der Waals surface area (Å²) in [7, 11) is 3.96. The van der Waals surface area contributed by atoms with Crippen LogP contribution in [-0.4, -0.2) is 30.0 Å². The zero-order valence-electron chi connectivity index (χ0n) is 15.7. The van der Waals surface area contributed by atoms with Gasteiger partial charge in [-0.05, 0) is 41.6 Å². The van der Waals surface area contributed by atoms with Crippen LogP contribution < -0.4 is 16.0 Å². The topological polar surface area (TPSA) is 108 Å². The summed E-state index contributed by atoms with van der Waals surface area (Å²) in [6.07, 6.45) is 5.85. The van der Waals surface area contributed by atoms with Gasteiger partial charge in [0.25, 0.3) is 0 Å². The van der Waals surface area contributed by atoms with Crippen molar-refractivity contribution in [3.8, 4) is 17.2 Å². The highest BCUT2D eigenvalue weighted by Gasteiger charge is 2.43. The van der Waals surface area contributed by atoms with Crippen molar-refractivity contribution in [3.63, 3.8) is 0 Å². The molecule has 28 heavy (non-hydrogen) atoms. The van der Waals surface area contributed by atoms with Gasteiger partial charge in [0.1, 0.15) is 5.82 Å². The van der Waals surface area contributed by atoms with Crippen molar-refractivity contribution in [1.29, 1.82) is 5.26 Å². The molecule has 1 fully saturated rings. The fourth-order valence-corrected chi connectivity index (χ4v) is 3.36. The highest BCUT2D eigenvalue weighted by Crippen LogP contribution is 2.39. The van der Waals surface area contributed by atoms with Gasteiger partial charge in [0.15, 0.2) is 0 Å². The van der Waals surface area contributed by atoms with Crippen LogP contribution in [0.25, 0.3) is 21.9 Å². The average Bonchev–Trinajstić information content (AvgIpc) is 3.47. The lowest BCUT2D eigenvalue weighted by atomic mass is 10.0. The molecule has 1 amide bonds. The van der Waals surface area contributed by atoms with E-state index in [1.54, 1.807) is 12.4 Å². The lowest BCUT2D eigenvalue weighted by molar-refractivity contribution is -0.117. The molecule has 140 valence electrons. The number of nitrogens with two attached hydrogens (primary N) is 1. The molecule has 1 aliphatic rings. The molecule has 2 atom stereocenters. The summed E-state index contributed by atoms with van der Waals surface area (Å²) in [5, 5.41) is 13.4. The zero-order chi connectivity index (χ0) is 19.8. The smallest absolute Gasteiger partial charge is 0.230 e. The van der Waals surface area contributed by atoms with Crippen LogP contribution in [0.1, 0.15) is 6.42 Å². The van der Waals surface area contributed by atoms with Gasteiger partial charge in [0.05, 0.1) is 17.9 Å². The molecule has 1 aromatic carbocycles. The van der Waals surface area contributed by atoms with Gasteiger partial charge >= 0.3 is 0 Å². The lowest BCUT2D eigenvalue weighted by Gasteiger charge is -2.18. The second-order valence-electron chi connectivity index (χ2n) is 7.21. The van der Waals surface area contributed by atoms with Gasteiger partial charge in [-0.25, -0.2) is 4.98 Å². The first-order valence-electron chi connectivity index (χ1n) is 8.99. The number of nitrogens with zero attached hydrogens (tertiary/aromatic N) is 4. The minimum Gasteiger partial charge on any atom is -0.398 e. The summed E-state index contributed by atoms with van der Waals surface area (Å²) in [5.41, 5.74) is 9.83. The van der Waals surface area contributed by atoms with Gasteiger partial charge in [-0.2, -0.15) is 5.26 Å². The van der Waals surface area contributed by atoms with E-state index in [-0.39, 0.29) is 17.7 Å². The molecular formula is C21H20N6O. The van der Waals surface area contributed by atoms with Crippen LogP contribution in [0.2, 0.25) is 0 Å². The molecule has 4 rings (SSSR count). The number of hydrogen-bond acceptors (Lipinski definition) is 6. The third kappa shape index (κ3) is 3.21. The maximum Gasteiger partial charge on any atom is 0.230 e. The van der Waals surface area contributed by atoms with E-state index in [0.717, 1.165) is 27.6 Å². The number of nitrogen functional groups attached to an aromatic ring is 1. The third-order valence-corrected chi connectivity index (χ3v) is 5.00. The zero-order valence-corrected chi connectivity index (χ0v) is 15.7. The Hall–Kier alpha value is -3.66. The number of nitrogens with one attached hydrogen (secondary N) is 1. The largest absolute Gasteiger partial charge is 0.398 e. The Morgan fingerprint density at radius 3 is 2.86 bits per heavy atom. The van der Waals surface area contributed by atoms with Crippen LogP contribution >= 0.6 is 0 Å². The molecule has 2 aromatic heterocycles. The molecule has 0 saturated heterocycles. The van der Waals surface area contributed by atoms with Crippen molar-refractivity contribution in [1.82, 2.24) is 9.97 Å². The van der Waals surface area contributed by atoms with E-state index in [4.69, 9.17) is 11.0 Å². The Kier molecular flexibility index (Phi) is 4.32. The summed E-state index contributed by atoms with van der Waals surface area (Å²) in [5.74, 6) is -0.129. The number of pyridine rings is 2. The van der Waals surface area contributed by atoms with E-state index in [0.29, 0.717) is 17.9 Å². The molecule has 7 heteroatoms. The highest BCUT2D eigenvalue weighted by atomic mass is 16.2. The molecule has 2 heterocycles. The van der Waals surface area contributed by atoms with Gasteiger partial charge in [-0.3, -0.25) is 9.78 Å². The molecule has 3 aromatic rings. The lowest BCUT2D eigenvalue weighted by Crippen LogP contribution is -2.15. The van der Waals surface area contributed by atoms with Crippen LogP contribution in [0.4, 0.5) is 17.2 Å². The number of anilines is 3. The first-order valence-corrected chi connectivity index (χ1v) is 8.99. The van der Waals surface area contributed by atoms with E-state index in [1.807, 2.05) is 49.5 Å². The number of amides is 1. The molecule has 0 radical (unpaired) electrons. The fraction of sp³-hybridized carbons (Fsp3) is 0.238. The predicted molar refractivity (Wildman–Crippen MR) is 110 cm³/mol. The standard InChI is InChI=1S/C21H20N6O/c1-27(2)19-3-4-24-10-17(19)12-5-13-8-20(25-11-16(13)18(23)7-12)26-21(28)15-6-14(15)9-22/h3-5,7-8,10-11,14-15H,6,23H2,1-2H3,(H,25,26,28)/t14?,15-/m1/s1. The number of carbonyl (C=O) groups excluding carboxylic acids is 1. The number of fused-ring (bicyclic) bond motifs is 1. The van der Waals surface area contributed by atoms with Gasteiger partial charge in [0, 0.05) is 55.0 Å². The van der Waals surface area contributed by atoms with Crippen LogP contribution in [-0.2, 0) is 4.79 Å². The van der Waals surface area contributed by atoms with Crippen LogP contribution in [0.5, 0.6) is 0 Å². The molecule has 7 nitrogen and oxygen atoms in total. The average molecular weight is 372 g/mol.